The summed E-state index contributed by atoms with van der Waals surface area (Å²) in [4.78, 5) is 6.53. The van der Waals surface area contributed by atoms with Crippen LogP contribution in [0.3, 0.4) is 0 Å². The van der Waals surface area contributed by atoms with E-state index in [1.165, 1.54) is 89.9 Å². The molecular formula is C34H60N2. The Labute approximate surface area is 224 Å². The zero-order valence-electron chi connectivity index (χ0n) is 24.7. The first-order valence-corrected chi connectivity index (χ1v) is 17.1. The van der Waals surface area contributed by atoms with Crippen molar-refractivity contribution in [2.24, 2.45) is 41.4 Å². The van der Waals surface area contributed by atoms with Gasteiger partial charge in [-0.2, -0.15) is 0 Å². The Kier molecular flexibility index (Phi) is 7.87. The van der Waals surface area contributed by atoms with Crippen molar-refractivity contribution in [2.75, 3.05) is 0 Å². The Morgan fingerprint density at radius 1 is 0.667 bits per heavy atom. The van der Waals surface area contributed by atoms with Crippen LogP contribution in [-0.2, 0) is 0 Å². The predicted molar refractivity (Wildman–Crippen MR) is 153 cm³/mol. The third-order valence-corrected chi connectivity index (χ3v) is 13.2. The van der Waals surface area contributed by atoms with E-state index in [1.807, 2.05) is 0 Å². The third-order valence-electron chi connectivity index (χ3n) is 13.2. The summed E-state index contributed by atoms with van der Waals surface area (Å²) in [6, 6.07) is 5.40. The standard InChI is InChI=1S/C34H60N2/c1-6-11-23(4)25-19-26(35-31(12-7-2)24(5)30-17-22(3)18-34(30)35)21-27(20-25)36-32-15-9-8-13-28(32)29-14-10-16-33(29)36/h22-34H,6-21H2,1-5H3. The highest BCUT2D eigenvalue weighted by molar-refractivity contribution is 5.10. The van der Waals surface area contributed by atoms with E-state index >= 15 is 0 Å². The predicted octanol–water partition coefficient (Wildman–Crippen LogP) is 8.54. The minimum Gasteiger partial charge on any atom is -0.294 e. The molecule has 2 heterocycles. The highest BCUT2D eigenvalue weighted by Gasteiger charge is 2.56. The average Bonchev–Trinajstić information content (AvgIpc) is 3.61. The topological polar surface area (TPSA) is 6.48 Å². The molecule has 13 atom stereocenters. The molecule has 206 valence electrons. The van der Waals surface area contributed by atoms with Crippen LogP contribution in [-0.4, -0.2) is 46.1 Å². The molecular weight excluding hydrogens is 436 g/mol. The summed E-state index contributed by atoms with van der Waals surface area (Å²) >= 11 is 0. The number of likely N-dealkylation sites (tertiary alicyclic amines) is 2. The van der Waals surface area contributed by atoms with Crippen LogP contribution in [0.5, 0.6) is 0 Å². The Hall–Kier alpha value is -0.0800. The van der Waals surface area contributed by atoms with Crippen LogP contribution in [0.4, 0.5) is 0 Å². The molecule has 0 amide bonds. The van der Waals surface area contributed by atoms with Gasteiger partial charge in [-0.15, -0.1) is 0 Å². The second-order valence-corrected chi connectivity index (χ2v) is 15.1. The summed E-state index contributed by atoms with van der Waals surface area (Å²) in [5.41, 5.74) is 0. The lowest BCUT2D eigenvalue weighted by Gasteiger charge is -2.50. The summed E-state index contributed by atoms with van der Waals surface area (Å²) in [5.74, 6) is 6.82. The average molecular weight is 497 g/mol. The van der Waals surface area contributed by atoms with Crippen molar-refractivity contribution in [3.05, 3.63) is 0 Å². The molecule has 4 aliphatic carbocycles. The Morgan fingerprint density at radius 2 is 1.33 bits per heavy atom. The lowest BCUT2D eigenvalue weighted by molar-refractivity contribution is -0.00920. The quantitative estimate of drug-likeness (QED) is 0.348. The molecule has 0 N–H and O–H groups in total. The van der Waals surface area contributed by atoms with Gasteiger partial charge in [-0.3, -0.25) is 9.80 Å². The fraction of sp³-hybridized carbons (Fsp3) is 1.00. The molecule has 0 aromatic heterocycles. The minimum atomic E-state index is 0.856. The maximum absolute atomic E-state index is 3.28. The van der Waals surface area contributed by atoms with Gasteiger partial charge in [0.2, 0.25) is 0 Å². The van der Waals surface area contributed by atoms with Crippen LogP contribution in [0.25, 0.3) is 0 Å². The van der Waals surface area contributed by atoms with E-state index in [4.69, 9.17) is 0 Å². The number of rotatable bonds is 7. The zero-order valence-corrected chi connectivity index (χ0v) is 24.7. The molecule has 2 nitrogen and oxygen atoms in total. The second kappa shape index (κ2) is 10.8. The second-order valence-electron chi connectivity index (χ2n) is 15.1. The van der Waals surface area contributed by atoms with Crippen LogP contribution in [0.15, 0.2) is 0 Å². The van der Waals surface area contributed by atoms with E-state index in [0.717, 1.165) is 77.7 Å². The van der Waals surface area contributed by atoms with Crippen molar-refractivity contribution in [1.29, 1.82) is 0 Å². The van der Waals surface area contributed by atoms with E-state index in [0.29, 0.717) is 0 Å². The molecule has 6 aliphatic rings. The molecule has 2 saturated heterocycles. The fourth-order valence-electron chi connectivity index (χ4n) is 11.8. The van der Waals surface area contributed by atoms with E-state index in [-0.39, 0.29) is 0 Å². The van der Waals surface area contributed by atoms with E-state index in [1.54, 1.807) is 12.8 Å². The SMILES string of the molecule is CCCC(C)C1CC(N2C(CCC)C(C)C3CC(C)CC32)CC(N2C3CCCCC3C3CCCC32)C1. The number of nitrogens with zero attached hydrogens (tertiary/aromatic N) is 2. The van der Waals surface area contributed by atoms with Gasteiger partial charge in [0.15, 0.2) is 0 Å². The Morgan fingerprint density at radius 3 is 2.06 bits per heavy atom. The van der Waals surface area contributed by atoms with Crippen LogP contribution in [0.2, 0.25) is 0 Å². The minimum absolute atomic E-state index is 0.856. The van der Waals surface area contributed by atoms with Gasteiger partial charge in [0, 0.05) is 36.3 Å². The summed E-state index contributed by atoms with van der Waals surface area (Å²) < 4.78 is 0. The normalized spacial score (nSPS) is 50.2. The lowest BCUT2D eigenvalue weighted by Crippen LogP contribution is -2.55. The van der Waals surface area contributed by atoms with Gasteiger partial charge in [-0.05, 0) is 106 Å². The first-order chi connectivity index (χ1) is 17.5. The van der Waals surface area contributed by atoms with E-state index in [2.05, 4.69) is 44.4 Å². The Bertz CT molecular complexity index is 733. The van der Waals surface area contributed by atoms with Gasteiger partial charge in [-0.1, -0.05) is 73.1 Å². The summed E-state index contributed by atoms with van der Waals surface area (Å²) in [7, 11) is 0. The number of hydrogen-bond acceptors (Lipinski definition) is 2. The maximum Gasteiger partial charge on any atom is 0.0135 e. The molecule has 13 unspecified atom stereocenters. The monoisotopic (exact) mass is 496 g/mol. The fourth-order valence-corrected chi connectivity index (χ4v) is 11.8. The van der Waals surface area contributed by atoms with Crippen LogP contribution in [0.1, 0.15) is 137 Å². The van der Waals surface area contributed by atoms with Gasteiger partial charge in [0.05, 0.1) is 0 Å². The molecule has 0 aromatic carbocycles. The van der Waals surface area contributed by atoms with Gasteiger partial charge >= 0.3 is 0 Å². The van der Waals surface area contributed by atoms with Crippen LogP contribution >= 0.6 is 0 Å². The van der Waals surface area contributed by atoms with Gasteiger partial charge in [0.1, 0.15) is 0 Å². The van der Waals surface area contributed by atoms with Gasteiger partial charge in [0.25, 0.3) is 0 Å². The molecule has 6 rings (SSSR count). The third kappa shape index (κ3) is 4.45. The molecule has 6 fully saturated rings. The summed E-state index contributed by atoms with van der Waals surface area (Å²) in [6.45, 7) is 12.7. The molecule has 2 aliphatic heterocycles. The van der Waals surface area contributed by atoms with Crippen molar-refractivity contribution < 1.29 is 0 Å². The molecule has 0 aromatic rings. The van der Waals surface area contributed by atoms with Crippen molar-refractivity contribution in [1.82, 2.24) is 9.80 Å². The zero-order chi connectivity index (χ0) is 25.0. The lowest BCUT2D eigenvalue weighted by atomic mass is 9.73. The largest absolute Gasteiger partial charge is 0.294 e. The van der Waals surface area contributed by atoms with Gasteiger partial charge in [-0.25, -0.2) is 0 Å². The molecule has 36 heavy (non-hydrogen) atoms. The number of fused-ring (bicyclic) bond motifs is 4. The molecule has 2 heteroatoms. The highest BCUT2D eigenvalue weighted by atomic mass is 15.3. The van der Waals surface area contributed by atoms with E-state index < -0.39 is 0 Å². The molecule has 4 saturated carbocycles. The molecule has 0 radical (unpaired) electrons. The first kappa shape index (κ1) is 26.2. The first-order valence-electron chi connectivity index (χ1n) is 17.1. The maximum atomic E-state index is 3.28. The highest BCUT2D eigenvalue weighted by Crippen LogP contribution is 2.55. The Balaban J connectivity index is 1.30. The van der Waals surface area contributed by atoms with Crippen LogP contribution < -0.4 is 0 Å². The number of hydrogen-bond donors (Lipinski definition) is 0. The molecule has 0 spiro atoms. The van der Waals surface area contributed by atoms with Gasteiger partial charge < -0.3 is 0 Å². The van der Waals surface area contributed by atoms with Crippen molar-refractivity contribution in [3.8, 4) is 0 Å². The summed E-state index contributed by atoms with van der Waals surface area (Å²) in [5, 5.41) is 0. The summed E-state index contributed by atoms with van der Waals surface area (Å²) in [6.07, 6.45) is 23.9. The van der Waals surface area contributed by atoms with Crippen LogP contribution in [0, 0.1) is 41.4 Å². The van der Waals surface area contributed by atoms with E-state index in [9.17, 15) is 0 Å². The van der Waals surface area contributed by atoms with Crippen molar-refractivity contribution in [2.45, 2.75) is 174 Å². The van der Waals surface area contributed by atoms with Crippen molar-refractivity contribution in [3.63, 3.8) is 0 Å². The smallest absolute Gasteiger partial charge is 0.0135 e. The molecule has 0 bridgehead atoms. The van der Waals surface area contributed by atoms with Crippen molar-refractivity contribution >= 4 is 0 Å².